The van der Waals surface area contributed by atoms with Crippen molar-refractivity contribution in [2.75, 3.05) is 33.3 Å². The molecule has 1 amide bonds. The van der Waals surface area contributed by atoms with Gasteiger partial charge in [0.05, 0.1) is 12.7 Å². The molecule has 0 aromatic carbocycles. The highest BCUT2D eigenvalue weighted by atomic mass is 16.5. The van der Waals surface area contributed by atoms with Crippen molar-refractivity contribution in [3.05, 3.63) is 24.3 Å². The summed E-state index contributed by atoms with van der Waals surface area (Å²) in [6, 6.07) is 0. The Morgan fingerprint density at radius 1 is 1.56 bits per heavy atom. The van der Waals surface area contributed by atoms with Gasteiger partial charge in [-0.3, -0.25) is 4.79 Å². The summed E-state index contributed by atoms with van der Waals surface area (Å²) in [6.45, 7) is 4.98. The minimum absolute atomic E-state index is 0.00673. The smallest absolute Gasteiger partial charge is 0.246 e. The Morgan fingerprint density at radius 3 is 3.00 bits per heavy atom. The number of rotatable bonds is 4. The van der Waals surface area contributed by atoms with E-state index in [4.69, 9.17) is 4.74 Å². The molecule has 1 fully saturated rings. The lowest BCUT2D eigenvalue weighted by Gasteiger charge is -2.27. The van der Waals surface area contributed by atoms with Crippen LogP contribution in [0.3, 0.4) is 0 Å². The van der Waals surface area contributed by atoms with Gasteiger partial charge in [-0.25, -0.2) is 0 Å². The Hall–Kier alpha value is -1.13. The summed E-state index contributed by atoms with van der Waals surface area (Å²) in [4.78, 5) is 13.3. The summed E-state index contributed by atoms with van der Waals surface area (Å²) in [5.41, 5.74) is 0. The van der Waals surface area contributed by atoms with E-state index in [2.05, 4.69) is 5.32 Å². The highest BCUT2D eigenvalue weighted by Crippen LogP contribution is 1.99. The van der Waals surface area contributed by atoms with Gasteiger partial charge in [-0.1, -0.05) is 18.2 Å². The number of nitrogens with one attached hydrogen (secondary N) is 1. The van der Waals surface area contributed by atoms with Crippen LogP contribution in [-0.2, 0) is 9.53 Å². The van der Waals surface area contributed by atoms with Crippen LogP contribution >= 0.6 is 0 Å². The van der Waals surface area contributed by atoms with Crippen LogP contribution in [0.15, 0.2) is 24.3 Å². The maximum absolute atomic E-state index is 11.6. The molecule has 4 nitrogen and oxygen atoms in total. The molecule has 90 valence electrons. The SMILES string of the molecule is CC=CC=CC(=O)N(C)CC1CNCCO1. The number of carbonyl (C=O) groups is 1. The Bertz CT molecular complexity index is 268. The fourth-order valence-electron chi connectivity index (χ4n) is 1.51. The van der Waals surface area contributed by atoms with Crippen molar-refractivity contribution >= 4 is 5.91 Å². The van der Waals surface area contributed by atoms with E-state index >= 15 is 0 Å². The summed E-state index contributed by atoms with van der Waals surface area (Å²) in [5.74, 6) is 0.00673. The third-order valence-corrected chi connectivity index (χ3v) is 2.40. The third kappa shape index (κ3) is 4.59. The number of morpholine rings is 1. The van der Waals surface area contributed by atoms with Crippen molar-refractivity contribution < 1.29 is 9.53 Å². The third-order valence-electron chi connectivity index (χ3n) is 2.40. The van der Waals surface area contributed by atoms with Crippen LogP contribution in [0.2, 0.25) is 0 Å². The highest BCUT2D eigenvalue weighted by molar-refractivity contribution is 5.87. The summed E-state index contributed by atoms with van der Waals surface area (Å²) < 4.78 is 5.53. The van der Waals surface area contributed by atoms with E-state index in [0.29, 0.717) is 6.54 Å². The van der Waals surface area contributed by atoms with E-state index in [1.165, 1.54) is 0 Å². The Labute approximate surface area is 97.0 Å². The molecule has 1 unspecified atom stereocenters. The summed E-state index contributed by atoms with van der Waals surface area (Å²) in [5, 5.41) is 3.24. The first-order chi connectivity index (χ1) is 7.74. The van der Waals surface area contributed by atoms with E-state index in [9.17, 15) is 4.79 Å². The number of nitrogens with zero attached hydrogens (tertiary/aromatic N) is 1. The zero-order valence-electron chi connectivity index (χ0n) is 9.98. The molecule has 4 heteroatoms. The average molecular weight is 224 g/mol. The second-order valence-electron chi connectivity index (χ2n) is 3.80. The van der Waals surface area contributed by atoms with E-state index in [0.717, 1.165) is 19.7 Å². The molecule has 1 N–H and O–H groups in total. The van der Waals surface area contributed by atoms with Crippen molar-refractivity contribution in [3.63, 3.8) is 0 Å². The largest absolute Gasteiger partial charge is 0.374 e. The van der Waals surface area contributed by atoms with Crippen molar-refractivity contribution in [3.8, 4) is 0 Å². The molecule has 1 rings (SSSR count). The quantitative estimate of drug-likeness (QED) is 0.560. The zero-order chi connectivity index (χ0) is 11.8. The molecule has 0 aromatic rings. The highest BCUT2D eigenvalue weighted by Gasteiger charge is 2.16. The van der Waals surface area contributed by atoms with Crippen LogP contribution in [0.5, 0.6) is 0 Å². The molecule has 1 atom stereocenters. The van der Waals surface area contributed by atoms with Gasteiger partial charge in [0.25, 0.3) is 0 Å². The van der Waals surface area contributed by atoms with Gasteiger partial charge in [0.2, 0.25) is 5.91 Å². The van der Waals surface area contributed by atoms with Crippen LogP contribution in [0.25, 0.3) is 0 Å². The molecular formula is C12H20N2O2. The van der Waals surface area contributed by atoms with Crippen molar-refractivity contribution in [1.82, 2.24) is 10.2 Å². The molecule has 0 radical (unpaired) electrons. The van der Waals surface area contributed by atoms with Crippen LogP contribution in [0.1, 0.15) is 6.92 Å². The summed E-state index contributed by atoms with van der Waals surface area (Å²) in [7, 11) is 1.79. The normalized spacial score (nSPS) is 21.8. The Kier molecular flexibility index (Phi) is 5.82. The van der Waals surface area contributed by atoms with Crippen LogP contribution in [0.4, 0.5) is 0 Å². The number of hydrogen-bond donors (Lipinski definition) is 1. The van der Waals surface area contributed by atoms with Crippen LogP contribution in [0, 0.1) is 0 Å². The van der Waals surface area contributed by atoms with Gasteiger partial charge in [0.1, 0.15) is 0 Å². The molecular weight excluding hydrogens is 204 g/mol. The predicted octanol–water partition coefficient (Wildman–Crippen LogP) is 0.565. The predicted molar refractivity (Wildman–Crippen MR) is 64.2 cm³/mol. The Morgan fingerprint density at radius 2 is 2.38 bits per heavy atom. The first-order valence-corrected chi connectivity index (χ1v) is 5.61. The molecule has 1 saturated heterocycles. The zero-order valence-corrected chi connectivity index (χ0v) is 9.98. The standard InChI is InChI=1S/C12H20N2O2/c1-3-4-5-6-12(15)14(2)10-11-9-13-7-8-16-11/h3-6,11,13H,7-10H2,1-2H3. The number of ether oxygens (including phenoxy) is 1. The topological polar surface area (TPSA) is 41.6 Å². The van der Waals surface area contributed by atoms with Crippen molar-refractivity contribution in [2.24, 2.45) is 0 Å². The molecule has 0 aromatic heterocycles. The lowest BCUT2D eigenvalue weighted by atomic mass is 10.3. The van der Waals surface area contributed by atoms with Gasteiger partial charge >= 0.3 is 0 Å². The van der Waals surface area contributed by atoms with Gasteiger partial charge in [-0.05, 0) is 6.92 Å². The van der Waals surface area contributed by atoms with E-state index in [1.807, 2.05) is 19.1 Å². The van der Waals surface area contributed by atoms with Crippen molar-refractivity contribution in [2.45, 2.75) is 13.0 Å². The first-order valence-electron chi connectivity index (χ1n) is 5.61. The number of hydrogen-bond acceptors (Lipinski definition) is 3. The van der Waals surface area contributed by atoms with Crippen LogP contribution < -0.4 is 5.32 Å². The number of carbonyl (C=O) groups excluding carboxylic acids is 1. The molecule has 0 bridgehead atoms. The molecule has 1 aliphatic heterocycles. The average Bonchev–Trinajstić information content (AvgIpc) is 2.30. The fraction of sp³-hybridized carbons (Fsp3) is 0.583. The fourth-order valence-corrected chi connectivity index (χ4v) is 1.51. The maximum Gasteiger partial charge on any atom is 0.246 e. The lowest BCUT2D eigenvalue weighted by Crippen LogP contribution is -2.45. The van der Waals surface area contributed by atoms with Gasteiger partial charge in [0.15, 0.2) is 0 Å². The van der Waals surface area contributed by atoms with Crippen LogP contribution in [-0.4, -0.2) is 50.2 Å². The van der Waals surface area contributed by atoms with E-state index in [1.54, 1.807) is 24.1 Å². The molecule has 1 aliphatic rings. The molecule has 0 spiro atoms. The molecule has 0 aliphatic carbocycles. The molecule has 1 heterocycles. The molecule has 0 saturated carbocycles. The number of amides is 1. The maximum atomic E-state index is 11.6. The van der Waals surface area contributed by atoms with E-state index in [-0.39, 0.29) is 12.0 Å². The second kappa shape index (κ2) is 7.19. The lowest BCUT2D eigenvalue weighted by molar-refractivity contribution is -0.126. The van der Waals surface area contributed by atoms with Crippen molar-refractivity contribution in [1.29, 1.82) is 0 Å². The summed E-state index contributed by atoms with van der Waals surface area (Å²) in [6.07, 6.45) is 7.15. The second-order valence-corrected chi connectivity index (χ2v) is 3.80. The van der Waals surface area contributed by atoms with Gasteiger partial charge in [-0.15, -0.1) is 0 Å². The minimum Gasteiger partial charge on any atom is -0.374 e. The number of allylic oxidation sites excluding steroid dienone is 3. The van der Waals surface area contributed by atoms with Gasteiger partial charge in [0, 0.05) is 32.8 Å². The van der Waals surface area contributed by atoms with E-state index < -0.39 is 0 Å². The monoisotopic (exact) mass is 224 g/mol. The summed E-state index contributed by atoms with van der Waals surface area (Å²) >= 11 is 0. The van der Waals surface area contributed by atoms with Gasteiger partial charge < -0.3 is 15.0 Å². The van der Waals surface area contributed by atoms with Gasteiger partial charge in [-0.2, -0.15) is 0 Å². The minimum atomic E-state index is 0.00673. The molecule has 16 heavy (non-hydrogen) atoms. The Balaban J connectivity index is 2.32. The number of likely N-dealkylation sites (N-methyl/N-ethyl adjacent to an activating group) is 1. The first kappa shape index (κ1) is 12.9.